The summed E-state index contributed by atoms with van der Waals surface area (Å²) in [6.45, 7) is 20.1. The van der Waals surface area contributed by atoms with Gasteiger partial charge in [0.25, 0.3) is 0 Å². The zero-order valence-corrected chi connectivity index (χ0v) is 22.1. The summed E-state index contributed by atoms with van der Waals surface area (Å²) in [4.78, 5) is 2.30. The van der Waals surface area contributed by atoms with Crippen LogP contribution in [0.4, 0.5) is 0 Å². The smallest absolute Gasteiger partial charge is 0.184 e. The Labute approximate surface area is 191 Å². The van der Waals surface area contributed by atoms with Gasteiger partial charge in [-0.1, -0.05) is 0 Å². The second-order valence-electron chi connectivity index (χ2n) is 11.0. The van der Waals surface area contributed by atoms with Gasteiger partial charge in [0.2, 0.25) is 0 Å². The van der Waals surface area contributed by atoms with Crippen LogP contribution in [0.15, 0.2) is 55.9 Å². The van der Waals surface area contributed by atoms with Gasteiger partial charge in [-0.2, -0.15) is 0 Å². The summed E-state index contributed by atoms with van der Waals surface area (Å²) in [5, 5.41) is 0. The largest absolute Gasteiger partial charge is 0.380 e. The first-order valence-electron chi connectivity index (χ1n) is 12.1. The van der Waals surface area contributed by atoms with Crippen LogP contribution in [-0.2, 0) is 0 Å². The molecule has 0 aromatic carbocycles. The van der Waals surface area contributed by atoms with Crippen LogP contribution in [-0.4, -0.2) is 42.9 Å². The lowest BCUT2D eigenvalue weighted by Gasteiger charge is -2.26. The Morgan fingerprint density at radius 3 is 2.03 bits per heavy atom. The first kappa shape index (κ1) is 23.8. The van der Waals surface area contributed by atoms with Gasteiger partial charge in [0.05, 0.1) is 5.41 Å². The molecule has 0 radical (unpaired) electrons. The van der Waals surface area contributed by atoms with Crippen LogP contribution in [0.1, 0.15) is 87.5 Å². The molecule has 31 heavy (non-hydrogen) atoms. The van der Waals surface area contributed by atoms with Crippen molar-refractivity contribution in [3.8, 4) is 0 Å². The molecule has 0 unspecified atom stereocenters. The molecule has 2 heteroatoms. The number of rotatable bonds is 4. The summed E-state index contributed by atoms with van der Waals surface area (Å²) < 4.78 is 2.49. The van der Waals surface area contributed by atoms with Crippen LogP contribution in [0.5, 0.6) is 0 Å². The molecule has 170 valence electrons. The van der Waals surface area contributed by atoms with Crippen molar-refractivity contribution >= 4 is 5.71 Å². The molecule has 0 spiro atoms. The zero-order valence-electron chi connectivity index (χ0n) is 22.1. The molecule has 2 aliphatic carbocycles. The summed E-state index contributed by atoms with van der Waals surface area (Å²) in [6.07, 6.45) is 6.01. The van der Waals surface area contributed by atoms with Gasteiger partial charge in [-0.25, -0.2) is 4.58 Å². The van der Waals surface area contributed by atoms with E-state index in [9.17, 15) is 0 Å². The molecule has 0 fully saturated rings. The van der Waals surface area contributed by atoms with Gasteiger partial charge in [-0.15, -0.1) is 0 Å². The van der Waals surface area contributed by atoms with Gasteiger partial charge < -0.3 is 4.90 Å². The molecule has 0 aromatic heterocycles. The number of nitrogens with zero attached hydrogens (tertiary/aromatic N) is 2. The predicted molar refractivity (Wildman–Crippen MR) is 136 cm³/mol. The van der Waals surface area contributed by atoms with Gasteiger partial charge in [0.15, 0.2) is 5.71 Å². The molecular formula is C29H45N2+. The third-order valence-corrected chi connectivity index (χ3v) is 8.46. The maximum atomic E-state index is 2.49. The van der Waals surface area contributed by atoms with E-state index < -0.39 is 0 Å². The lowest BCUT2D eigenvalue weighted by molar-refractivity contribution is -0.488. The average Bonchev–Trinajstić information content (AvgIpc) is 3.15. The van der Waals surface area contributed by atoms with Crippen molar-refractivity contribution in [2.24, 2.45) is 5.41 Å². The molecule has 0 saturated heterocycles. The fraction of sp³-hybridized carbons (Fsp3) is 0.621. The highest BCUT2D eigenvalue weighted by Gasteiger charge is 2.40. The van der Waals surface area contributed by atoms with Crippen LogP contribution in [0, 0.1) is 5.41 Å². The normalized spacial score (nSPS) is 24.5. The molecule has 0 amide bonds. The van der Waals surface area contributed by atoms with E-state index >= 15 is 0 Å². The second-order valence-corrected chi connectivity index (χ2v) is 11.0. The summed E-state index contributed by atoms with van der Waals surface area (Å²) in [5.41, 5.74) is 17.1. The SMILES string of the molecule is CC(=C(C)C1=[N+](C)CCC1(C)C)C1=C(C)C(=C(C)C2=C(C)C(C)=C(N(C)C)C2)CCC1. The molecule has 0 bridgehead atoms. The molecular weight excluding hydrogens is 376 g/mol. The number of hydrogen-bond acceptors (Lipinski definition) is 1. The maximum Gasteiger partial charge on any atom is 0.184 e. The van der Waals surface area contributed by atoms with Crippen LogP contribution >= 0.6 is 0 Å². The lowest BCUT2D eigenvalue weighted by atomic mass is 9.77. The second kappa shape index (κ2) is 8.60. The first-order valence-corrected chi connectivity index (χ1v) is 12.1. The van der Waals surface area contributed by atoms with Gasteiger partial charge in [-0.05, 0) is 119 Å². The molecule has 0 atom stereocenters. The van der Waals surface area contributed by atoms with Crippen molar-refractivity contribution in [3.05, 3.63) is 55.9 Å². The van der Waals surface area contributed by atoms with Crippen molar-refractivity contribution < 1.29 is 4.58 Å². The summed E-state index contributed by atoms with van der Waals surface area (Å²) in [7, 11) is 6.63. The number of hydrogen-bond donors (Lipinski definition) is 0. The fourth-order valence-electron chi connectivity index (χ4n) is 6.29. The Morgan fingerprint density at radius 2 is 1.52 bits per heavy atom. The zero-order chi connectivity index (χ0) is 23.2. The van der Waals surface area contributed by atoms with Crippen molar-refractivity contribution in [2.75, 3.05) is 27.7 Å². The standard InChI is InChI=1S/C29H45N2/c1-18-20(3)27(30(9)10)17-26(18)23(6)25-14-12-13-24(22(25)5)19(2)21(4)28-29(7,8)15-16-31(28)11/h12-17H2,1-11H3/q+1. The average molecular weight is 422 g/mol. The summed E-state index contributed by atoms with van der Waals surface area (Å²) in [5.74, 6) is 0. The third-order valence-electron chi connectivity index (χ3n) is 8.46. The third kappa shape index (κ3) is 4.15. The van der Waals surface area contributed by atoms with Crippen LogP contribution in [0.3, 0.4) is 0 Å². The Hall–Kier alpha value is -1.83. The maximum absolute atomic E-state index is 2.49. The van der Waals surface area contributed by atoms with Gasteiger partial charge in [-0.3, -0.25) is 0 Å². The van der Waals surface area contributed by atoms with Crippen LogP contribution < -0.4 is 0 Å². The summed E-state index contributed by atoms with van der Waals surface area (Å²) >= 11 is 0. The minimum Gasteiger partial charge on any atom is -0.380 e. The van der Waals surface area contributed by atoms with Crippen molar-refractivity contribution in [2.45, 2.75) is 87.5 Å². The Kier molecular flexibility index (Phi) is 6.61. The van der Waals surface area contributed by atoms with Crippen molar-refractivity contribution in [1.29, 1.82) is 0 Å². The first-order chi connectivity index (χ1) is 14.4. The van der Waals surface area contributed by atoms with E-state index in [-0.39, 0.29) is 5.41 Å². The van der Waals surface area contributed by atoms with Crippen molar-refractivity contribution in [3.63, 3.8) is 0 Å². The summed E-state index contributed by atoms with van der Waals surface area (Å²) in [6, 6.07) is 0. The fourth-order valence-corrected chi connectivity index (χ4v) is 6.29. The molecule has 2 nitrogen and oxygen atoms in total. The topological polar surface area (TPSA) is 6.25 Å². The molecule has 0 N–H and O–H groups in total. The van der Waals surface area contributed by atoms with E-state index in [1.54, 1.807) is 22.4 Å². The van der Waals surface area contributed by atoms with Gasteiger partial charge in [0.1, 0.15) is 13.6 Å². The van der Waals surface area contributed by atoms with Gasteiger partial charge in [0, 0.05) is 38.2 Å². The van der Waals surface area contributed by atoms with E-state index in [0.29, 0.717) is 0 Å². The Balaban J connectivity index is 2.06. The highest BCUT2D eigenvalue weighted by atomic mass is 15.1. The Morgan fingerprint density at radius 1 is 0.871 bits per heavy atom. The lowest BCUT2D eigenvalue weighted by Crippen LogP contribution is -2.25. The molecule has 1 aliphatic heterocycles. The van der Waals surface area contributed by atoms with Crippen LogP contribution in [0.2, 0.25) is 0 Å². The minimum atomic E-state index is 0.273. The molecule has 0 aromatic rings. The molecule has 3 aliphatic rings. The highest BCUT2D eigenvalue weighted by molar-refractivity contribution is 6.01. The Bertz CT molecular complexity index is 984. The quantitative estimate of drug-likeness (QED) is 0.435. The van der Waals surface area contributed by atoms with E-state index in [2.05, 4.69) is 86.0 Å². The molecule has 1 heterocycles. The van der Waals surface area contributed by atoms with E-state index in [1.807, 2.05) is 0 Å². The molecule has 0 saturated carbocycles. The monoisotopic (exact) mass is 421 g/mol. The highest BCUT2D eigenvalue weighted by Crippen LogP contribution is 2.43. The number of allylic oxidation sites excluding steroid dienone is 9. The predicted octanol–water partition coefficient (Wildman–Crippen LogP) is 7.21. The van der Waals surface area contributed by atoms with E-state index in [0.717, 1.165) is 6.42 Å². The van der Waals surface area contributed by atoms with Gasteiger partial charge >= 0.3 is 0 Å². The van der Waals surface area contributed by atoms with E-state index in [4.69, 9.17) is 0 Å². The minimum absolute atomic E-state index is 0.273. The molecule has 3 rings (SSSR count). The van der Waals surface area contributed by atoms with Crippen molar-refractivity contribution in [1.82, 2.24) is 4.90 Å². The van der Waals surface area contributed by atoms with Crippen LogP contribution in [0.25, 0.3) is 0 Å². The van der Waals surface area contributed by atoms with E-state index in [1.165, 1.54) is 71.4 Å².